The summed E-state index contributed by atoms with van der Waals surface area (Å²) in [7, 11) is 0. The minimum absolute atomic E-state index is 0.0571. The van der Waals surface area contributed by atoms with Crippen molar-refractivity contribution < 1.29 is 19.7 Å². The van der Waals surface area contributed by atoms with Gasteiger partial charge in [-0.3, -0.25) is 20.3 Å². The molecule has 0 aromatic heterocycles. The van der Waals surface area contributed by atoms with E-state index in [2.05, 4.69) is 15.3 Å². The molecule has 0 saturated heterocycles. The Morgan fingerprint density at radius 3 is 2.68 bits per heavy atom. The molecular formula is C14H11N3O5. The van der Waals surface area contributed by atoms with E-state index in [4.69, 9.17) is 0 Å². The molecule has 0 atom stereocenters. The summed E-state index contributed by atoms with van der Waals surface area (Å²) in [5.74, 6) is -0.221. The molecule has 0 unspecified atom stereocenters. The highest BCUT2D eigenvalue weighted by Crippen LogP contribution is 2.21. The number of carbonyl (C=O) groups is 1. The predicted octanol–water partition coefficient (Wildman–Crippen LogP) is 2.88. The van der Waals surface area contributed by atoms with Crippen LogP contribution in [0.2, 0.25) is 0 Å². The van der Waals surface area contributed by atoms with Crippen LogP contribution in [0.3, 0.4) is 0 Å². The second kappa shape index (κ2) is 6.84. The lowest BCUT2D eigenvalue weighted by Crippen LogP contribution is -2.10. The van der Waals surface area contributed by atoms with Gasteiger partial charge < -0.3 is 5.11 Å². The maximum Gasteiger partial charge on any atom is 0.437 e. The number of anilines is 1. The number of benzene rings is 2. The normalized spacial score (nSPS) is 10.4. The highest BCUT2D eigenvalue weighted by Gasteiger charge is 2.09. The molecule has 1 amide bonds. The molecule has 22 heavy (non-hydrogen) atoms. The average molecular weight is 301 g/mol. The van der Waals surface area contributed by atoms with Crippen LogP contribution in [0.4, 0.5) is 16.2 Å². The van der Waals surface area contributed by atoms with Gasteiger partial charge in [0.2, 0.25) is 0 Å². The molecule has 0 fully saturated rings. The lowest BCUT2D eigenvalue weighted by molar-refractivity contribution is -0.384. The number of non-ortho nitro benzene ring substituents is 1. The number of nitro benzene ring substituents is 1. The van der Waals surface area contributed by atoms with Crippen molar-refractivity contribution in [1.82, 2.24) is 0 Å². The van der Waals surface area contributed by atoms with Crippen LogP contribution in [0.5, 0.6) is 5.75 Å². The monoisotopic (exact) mass is 301 g/mol. The molecule has 2 rings (SSSR count). The number of carbonyl (C=O) groups excluding carboxylic acids is 1. The zero-order valence-electron chi connectivity index (χ0n) is 11.2. The third kappa shape index (κ3) is 4.04. The van der Waals surface area contributed by atoms with Gasteiger partial charge in [0.1, 0.15) is 5.75 Å². The Labute approximate surface area is 124 Å². The first-order valence-electron chi connectivity index (χ1n) is 6.10. The standard InChI is InChI=1S/C14H11N3O5/c18-13-7-6-12(17(20)21)8-10(13)9-15-22-14(19)16-11-4-2-1-3-5-11/h1-9,18H,(H,16,19)/b15-9-. The van der Waals surface area contributed by atoms with Gasteiger partial charge in [0.25, 0.3) is 5.69 Å². The lowest BCUT2D eigenvalue weighted by atomic mass is 10.2. The molecule has 2 aromatic carbocycles. The first-order valence-corrected chi connectivity index (χ1v) is 6.10. The Kier molecular flexibility index (Phi) is 4.66. The van der Waals surface area contributed by atoms with Gasteiger partial charge >= 0.3 is 6.09 Å². The number of para-hydroxylation sites is 1. The molecule has 8 nitrogen and oxygen atoms in total. The Balaban J connectivity index is 1.99. The van der Waals surface area contributed by atoms with Gasteiger partial charge in [-0.25, -0.2) is 4.79 Å². The third-order valence-corrected chi connectivity index (χ3v) is 2.57. The van der Waals surface area contributed by atoms with Gasteiger partial charge in [0.05, 0.1) is 11.1 Å². The lowest BCUT2D eigenvalue weighted by Gasteiger charge is -2.02. The molecular weight excluding hydrogens is 290 g/mol. The number of nitrogens with one attached hydrogen (secondary N) is 1. The zero-order valence-corrected chi connectivity index (χ0v) is 11.2. The summed E-state index contributed by atoms with van der Waals surface area (Å²) in [6, 6.07) is 12.0. The molecule has 0 radical (unpaired) electrons. The second-order valence-corrected chi connectivity index (χ2v) is 4.10. The van der Waals surface area contributed by atoms with E-state index in [0.29, 0.717) is 5.69 Å². The maximum atomic E-state index is 11.4. The van der Waals surface area contributed by atoms with Crippen molar-refractivity contribution in [2.75, 3.05) is 5.32 Å². The van der Waals surface area contributed by atoms with Crippen molar-refractivity contribution in [2.45, 2.75) is 0 Å². The van der Waals surface area contributed by atoms with Crippen molar-refractivity contribution in [3.8, 4) is 5.75 Å². The van der Waals surface area contributed by atoms with Crippen LogP contribution in [0.25, 0.3) is 0 Å². The number of aromatic hydroxyl groups is 1. The van der Waals surface area contributed by atoms with Crippen LogP contribution in [0.1, 0.15) is 5.56 Å². The molecule has 0 bridgehead atoms. The van der Waals surface area contributed by atoms with Crippen LogP contribution in [-0.2, 0) is 4.84 Å². The fourth-order valence-electron chi connectivity index (χ4n) is 1.55. The summed E-state index contributed by atoms with van der Waals surface area (Å²) in [6.45, 7) is 0. The average Bonchev–Trinajstić information content (AvgIpc) is 2.50. The number of phenolic OH excluding ortho intramolecular Hbond substituents is 1. The number of oxime groups is 1. The summed E-state index contributed by atoms with van der Waals surface area (Å²) in [4.78, 5) is 26.0. The Morgan fingerprint density at radius 2 is 2.00 bits per heavy atom. The Morgan fingerprint density at radius 1 is 1.27 bits per heavy atom. The summed E-state index contributed by atoms with van der Waals surface area (Å²) >= 11 is 0. The van der Waals surface area contributed by atoms with E-state index in [0.717, 1.165) is 24.4 Å². The molecule has 2 N–H and O–H groups in total. The van der Waals surface area contributed by atoms with Crippen LogP contribution >= 0.6 is 0 Å². The largest absolute Gasteiger partial charge is 0.507 e. The van der Waals surface area contributed by atoms with Gasteiger partial charge in [0.15, 0.2) is 0 Å². The van der Waals surface area contributed by atoms with Gasteiger partial charge in [-0.05, 0) is 18.2 Å². The molecule has 0 heterocycles. The van der Waals surface area contributed by atoms with E-state index in [1.54, 1.807) is 30.3 Å². The number of rotatable bonds is 4. The molecule has 2 aromatic rings. The van der Waals surface area contributed by atoms with E-state index >= 15 is 0 Å². The maximum absolute atomic E-state index is 11.4. The summed E-state index contributed by atoms with van der Waals surface area (Å²) in [5.41, 5.74) is 0.371. The number of amides is 1. The van der Waals surface area contributed by atoms with Crippen molar-refractivity contribution in [3.63, 3.8) is 0 Å². The Bertz CT molecular complexity index is 716. The van der Waals surface area contributed by atoms with Crippen molar-refractivity contribution >= 4 is 23.7 Å². The number of hydrogen-bond acceptors (Lipinski definition) is 6. The number of phenols is 1. The van der Waals surface area contributed by atoms with Crippen LogP contribution < -0.4 is 5.32 Å². The molecule has 0 saturated carbocycles. The first kappa shape index (κ1) is 15.0. The quantitative estimate of drug-likeness (QED) is 0.390. The number of nitro groups is 1. The van der Waals surface area contributed by atoms with Gasteiger partial charge in [0, 0.05) is 23.4 Å². The van der Waals surface area contributed by atoms with Gasteiger partial charge in [-0.1, -0.05) is 23.4 Å². The highest BCUT2D eigenvalue weighted by atomic mass is 16.7. The van der Waals surface area contributed by atoms with E-state index in [1.165, 1.54) is 0 Å². The number of hydrogen-bond donors (Lipinski definition) is 2. The molecule has 8 heteroatoms. The molecule has 0 aliphatic rings. The summed E-state index contributed by atoms with van der Waals surface area (Å²) < 4.78 is 0. The molecule has 0 spiro atoms. The minimum atomic E-state index is -0.827. The minimum Gasteiger partial charge on any atom is -0.507 e. The van der Waals surface area contributed by atoms with Crippen LogP contribution in [-0.4, -0.2) is 22.3 Å². The van der Waals surface area contributed by atoms with Gasteiger partial charge in [-0.2, -0.15) is 0 Å². The topological polar surface area (TPSA) is 114 Å². The van der Waals surface area contributed by atoms with E-state index in [1.807, 2.05) is 0 Å². The van der Waals surface area contributed by atoms with E-state index < -0.39 is 11.0 Å². The van der Waals surface area contributed by atoms with Crippen molar-refractivity contribution in [1.29, 1.82) is 0 Å². The van der Waals surface area contributed by atoms with E-state index in [9.17, 15) is 20.0 Å². The predicted molar refractivity (Wildman–Crippen MR) is 78.9 cm³/mol. The van der Waals surface area contributed by atoms with Crippen molar-refractivity contribution in [2.24, 2.45) is 5.16 Å². The Hall–Kier alpha value is -3.42. The number of nitrogens with zero attached hydrogens (tertiary/aromatic N) is 2. The first-order chi connectivity index (χ1) is 10.6. The van der Waals surface area contributed by atoms with Crippen LogP contribution in [0.15, 0.2) is 53.7 Å². The SMILES string of the molecule is O=C(Nc1ccccc1)O/N=C\c1cc([N+](=O)[O-])ccc1O. The van der Waals surface area contributed by atoms with Crippen LogP contribution in [0, 0.1) is 10.1 Å². The second-order valence-electron chi connectivity index (χ2n) is 4.10. The fraction of sp³-hybridized carbons (Fsp3) is 0. The highest BCUT2D eigenvalue weighted by molar-refractivity contribution is 5.87. The summed E-state index contributed by atoms with van der Waals surface area (Å²) in [5, 5.41) is 26.0. The van der Waals surface area contributed by atoms with Crippen molar-refractivity contribution in [3.05, 3.63) is 64.2 Å². The van der Waals surface area contributed by atoms with E-state index in [-0.39, 0.29) is 17.0 Å². The molecule has 0 aliphatic carbocycles. The zero-order chi connectivity index (χ0) is 15.9. The molecule has 112 valence electrons. The molecule has 0 aliphatic heterocycles. The summed E-state index contributed by atoms with van der Waals surface area (Å²) in [6.07, 6.45) is 0.180. The fourth-order valence-corrected chi connectivity index (χ4v) is 1.55. The third-order valence-electron chi connectivity index (χ3n) is 2.57. The van der Waals surface area contributed by atoms with Gasteiger partial charge in [-0.15, -0.1) is 0 Å². The smallest absolute Gasteiger partial charge is 0.437 e.